The smallest absolute Gasteiger partial charge is 0.254 e. The normalized spacial score (nSPS) is 15.0. The zero-order valence-corrected chi connectivity index (χ0v) is 19.9. The molecule has 0 saturated carbocycles. The van der Waals surface area contributed by atoms with Gasteiger partial charge in [-0.15, -0.1) is 0 Å². The highest BCUT2D eigenvalue weighted by atomic mass is 32.1. The van der Waals surface area contributed by atoms with Crippen molar-refractivity contribution in [1.82, 2.24) is 9.88 Å². The molecule has 1 amide bonds. The Hall–Kier alpha value is -3.31. The molecule has 0 spiro atoms. The minimum Gasteiger partial charge on any atom is -0.345 e. The third-order valence-electron chi connectivity index (χ3n) is 5.40. The lowest BCUT2D eigenvalue weighted by Crippen LogP contribution is -2.49. The number of carbonyl (C=O) groups excluding carboxylic acids is 3. The van der Waals surface area contributed by atoms with E-state index < -0.39 is 0 Å². The van der Waals surface area contributed by atoms with Crippen LogP contribution in [0.3, 0.4) is 0 Å². The topological polar surface area (TPSA) is 94.4 Å². The van der Waals surface area contributed by atoms with Gasteiger partial charge in [-0.25, -0.2) is 4.98 Å². The molecule has 4 rings (SSSR count). The molecule has 0 bridgehead atoms. The fraction of sp³-hybridized carbons (Fsp3) is 0.360. The van der Waals surface area contributed by atoms with E-state index in [9.17, 15) is 4.79 Å². The van der Waals surface area contributed by atoms with E-state index in [0.29, 0.717) is 23.9 Å². The molecule has 1 saturated heterocycles. The minimum atomic E-state index is 0.108. The fourth-order valence-corrected chi connectivity index (χ4v) is 4.57. The fourth-order valence-electron chi connectivity index (χ4n) is 3.80. The van der Waals surface area contributed by atoms with E-state index in [0.717, 1.165) is 41.3 Å². The van der Waals surface area contributed by atoms with Crippen LogP contribution < -0.4 is 4.90 Å². The van der Waals surface area contributed by atoms with Crippen LogP contribution in [0.5, 0.6) is 0 Å². The molecule has 8 heteroatoms. The zero-order chi connectivity index (χ0) is 24.0. The van der Waals surface area contributed by atoms with Crippen molar-refractivity contribution in [2.75, 3.05) is 31.1 Å². The molecule has 1 aromatic heterocycles. The lowest BCUT2D eigenvalue weighted by atomic mass is 10.0. The van der Waals surface area contributed by atoms with Crippen LogP contribution in [0.2, 0.25) is 0 Å². The Labute approximate surface area is 198 Å². The summed E-state index contributed by atoms with van der Waals surface area (Å²) in [6, 6.07) is 8.34. The summed E-state index contributed by atoms with van der Waals surface area (Å²) in [6.45, 7) is 9.27. The van der Waals surface area contributed by atoms with E-state index in [-0.39, 0.29) is 18.5 Å². The summed E-state index contributed by atoms with van der Waals surface area (Å²) in [5, 5.41) is 9.86. The number of thiazole rings is 1. The third kappa shape index (κ3) is 6.14. The van der Waals surface area contributed by atoms with Crippen LogP contribution in [0.1, 0.15) is 46.6 Å². The highest BCUT2D eigenvalue weighted by Crippen LogP contribution is 2.44. The SMILES string of the molecule is Cc1ccc(C2=C(CC(C)C)[CH]2)c(C(=O)N2CCN(c3ncc(C#N)s3)CC2)c1.O=CC=O. The average Bonchev–Trinajstić information content (AvgIpc) is 3.39. The average molecular weight is 464 g/mol. The van der Waals surface area contributed by atoms with Crippen LogP contribution in [0.25, 0.3) is 5.57 Å². The quantitative estimate of drug-likeness (QED) is 0.479. The maximum Gasteiger partial charge on any atom is 0.254 e. The van der Waals surface area contributed by atoms with Crippen molar-refractivity contribution in [3.63, 3.8) is 0 Å². The maximum atomic E-state index is 13.3. The lowest BCUT2D eigenvalue weighted by molar-refractivity contribution is -0.122. The predicted octanol–water partition coefficient (Wildman–Crippen LogP) is 3.69. The van der Waals surface area contributed by atoms with Crippen LogP contribution in [0, 0.1) is 30.6 Å². The van der Waals surface area contributed by atoms with Gasteiger partial charge in [-0.1, -0.05) is 48.5 Å². The van der Waals surface area contributed by atoms with Gasteiger partial charge in [0.15, 0.2) is 17.7 Å². The number of piperazine rings is 1. The Bertz CT molecular complexity index is 1100. The predicted molar refractivity (Wildman–Crippen MR) is 129 cm³/mol. The summed E-state index contributed by atoms with van der Waals surface area (Å²) in [5.74, 6) is 0.723. The number of benzene rings is 1. The number of hydrogen-bond acceptors (Lipinski definition) is 7. The molecule has 1 radical (unpaired) electrons. The van der Waals surface area contributed by atoms with Crippen molar-refractivity contribution in [2.45, 2.75) is 27.2 Å². The third-order valence-corrected chi connectivity index (χ3v) is 6.36. The van der Waals surface area contributed by atoms with Crippen molar-refractivity contribution in [1.29, 1.82) is 5.26 Å². The Kier molecular flexibility index (Phi) is 8.12. The van der Waals surface area contributed by atoms with Gasteiger partial charge in [0, 0.05) is 38.2 Å². The van der Waals surface area contributed by atoms with Crippen molar-refractivity contribution >= 4 is 40.5 Å². The van der Waals surface area contributed by atoms with E-state index in [1.54, 1.807) is 6.20 Å². The van der Waals surface area contributed by atoms with Gasteiger partial charge in [-0.3, -0.25) is 14.4 Å². The second kappa shape index (κ2) is 11.0. The molecule has 171 valence electrons. The van der Waals surface area contributed by atoms with Crippen LogP contribution in [0.4, 0.5) is 5.13 Å². The molecule has 2 heterocycles. The van der Waals surface area contributed by atoms with Gasteiger partial charge in [0.1, 0.15) is 10.9 Å². The highest BCUT2D eigenvalue weighted by molar-refractivity contribution is 7.16. The summed E-state index contributed by atoms with van der Waals surface area (Å²) in [5.41, 5.74) is 5.60. The number of aromatic nitrogens is 1. The molecule has 1 fully saturated rings. The zero-order valence-electron chi connectivity index (χ0n) is 19.1. The Morgan fingerprint density at radius 2 is 1.91 bits per heavy atom. The number of amides is 1. The number of nitriles is 1. The molecule has 1 aromatic carbocycles. The van der Waals surface area contributed by atoms with E-state index in [1.165, 1.54) is 22.5 Å². The Morgan fingerprint density at radius 3 is 2.48 bits per heavy atom. The monoisotopic (exact) mass is 463 g/mol. The summed E-state index contributed by atoms with van der Waals surface area (Å²) in [4.78, 5) is 40.0. The van der Waals surface area contributed by atoms with Gasteiger partial charge in [0.25, 0.3) is 5.91 Å². The lowest BCUT2D eigenvalue weighted by Gasteiger charge is -2.35. The first-order valence-electron chi connectivity index (χ1n) is 10.9. The number of anilines is 1. The van der Waals surface area contributed by atoms with Gasteiger partial charge in [0.2, 0.25) is 0 Å². The first-order valence-corrected chi connectivity index (χ1v) is 11.7. The van der Waals surface area contributed by atoms with Gasteiger partial charge >= 0.3 is 0 Å². The van der Waals surface area contributed by atoms with Crippen LogP contribution in [-0.2, 0) is 9.59 Å². The summed E-state index contributed by atoms with van der Waals surface area (Å²) in [6.07, 6.45) is 5.29. The molecule has 33 heavy (non-hydrogen) atoms. The number of aryl methyl sites for hydroxylation is 1. The number of carbonyl (C=O) groups is 3. The first-order chi connectivity index (χ1) is 15.9. The van der Waals surface area contributed by atoms with Gasteiger partial charge in [-0.2, -0.15) is 5.26 Å². The maximum absolute atomic E-state index is 13.3. The van der Waals surface area contributed by atoms with Crippen molar-refractivity contribution in [3.8, 4) is 6.07 Å². The van der Waals surface area contributed by atoms with Crippen LogP contribution >= 0.6 is 11.3 Å². The molecule has 0 N–H and O–H groups in total. The molecule has 2 aliphatic rings. The molecular weight excluding hydrogens is 436 g/mol. The molecule has 2 aromatic rings. The highest BCUT2D eigenvalue weighted by Gasteiger charge is 2.30. The molecular formula is C25H27N4O3S. The summed E-state index contributed by atoms with van der Waals surface area (Å²) < 4.78 is 0. The summed E-state index contributed by atoms with van der Waals surface area (Å²) >= 11 is 1.41. The second-order valence-electron chi connectivity index (χ2n) is 8.40. The Morgan fingerprint density at radius 1 is 1.21 bits per heavy atom. The minimum absolute atomic E-state index is 0.108. The van der Waals surface area contributed by atoms with Crippen LogP contribution in [-0.4, -0.2) is 54.5 Å². The second-order valence-corrected chi connectivity index (χ2v) is 9.41. The van der Waals surface area contributed by atoms with E-state index in [1.807, 2.05) is 17.9 Å². The van der Waals surface area contributed by atoms with E-state index in [4.69, 9.17) is 14.9 Å². The number of allylic oxidation sites excluding steroid dienone is 2. The van der Waals surface area contributed by atoms with Crippen LogP contribution in [0.15, 0.2) is 30.0 Å². The van der Waals surface area contributed by atoms with Gasteiger partial charge in [-0.05, 0) is 36.5 Å². The molecule has 0 unspecified atom stereocenters. The first kappa shape index (κ1) is 24.3. The Balaban J connectivity index is 0.000000709. The number of aldehydes is 2. The molecule has 1 aliphatic heterocycles. The van der Waals surface area contributed by atoms with E-state index in [2.05, 4.69) is 48.4 Å². The molecule has 1 aliphatic carbocycles. The van der Waals surface area contributed by atoms with Crippen molar-refractivity contribution in [3.05, 3.63) is 58.0 Å². The summed E-state index contributed by atoms with van der Waals surface area (Å²) in [7, 11) is 0. The molecule has 0 atom stereocenters. The number of hydrogen-bond donors (Lipinski definition) is 0. The van der Waals surface area contributed by atoms with Gasteiger partial charge < -0.3 is 9.80 Å². The van der Waals surface area contributed by atoms with E-state index >= 15 is 0 Å². The van der Waals surface area contributed by atoms with Gasteiger partial charge in [0.05, 0.1) is 6.20 Å². The number of rotatable bonds is 6. The molecule has 7 nitrogen and oxygen atoms in total. The largest absolute Gasteiger partial charge is 0.345 e. The standard InChI is InChI=1S/C23H25N4OS.C2H2O2/c1-15(2)10-17-12-20(17)19-5-4-16(3)11-21(19)22(28)26-6-8-27(9-7-26)23-25-14-18(13-24)29-23;3-1-2-4/h4-5,11-12,14-15H,6-10H2,1-3H3;1-2H. The van der Waals surface area contributed by atoms with Crippen molar-refractivity contribution in [2.24, 2.45) is 5.92 Å². The number of nitrogens with zero attached hydrogens (tertiary/aromatic N) is 4. The van der Waals surface area contributed by atoms with Crippen molar-refractivity contribution < 1.29 is 14.4 Å².